The molecule has 1 rings (SSSR count). The van der Waals surface area contributed by atoms with Gasteiger partial charge in [-0.1, -0.05) is 0 Å². The van der Waals surface area contributed by atoms with Gasteiger partial charge in [-0.2, -0.15) is 11.8 Å². The van der Waals surface area contributed by atoms with Crippen molar-refractivity contribution in [1.29, 1.82) is 0 Å². The molecule has 5 nitrogen and oxygen atoms in total. The first-order valence-corrected chi connectivity index (χ1v) is 8.20. The Hall–Kier alpha value is -0.750. The molecule has 116 valence electrons. The summed E-state index contributed by atoms with van der Waals surface area (Å²) in [5, 5.41) is 10.4. The van der Waals surface area contributed by atoms with Crippen LogP contribution in [0.15, 0.2) is 0 Å². The van der Waals surface area contributed by atoms with E-state index in [1.807, 2.05) is 0 Å². The quantitative estimate of drug-likeness (QED) is 0.571. The van der Waals surface area contributed by atoms with Gasteiger partial charge in [-0.25, -0.2) is 0 Å². The van der Waals surface area contributed by atoms with Crippen LogP contribution in [0.2, 0.25) is 0 Å². The van der Waals surface area contributed by atoms with Gasteiger partial charge >= 0.3 is 11.9 Å². The maximum atomic E-state index is 11.6. The first-order chi connectivity index (χ1) is 9.50. The van der Waals surface area contributed by atoms with E-state index in [-0.39, 0.29) is 17.9 Å². The third-order valence-corrected chi connectivity index (χ3v) is 4.82. The largest absolute Gasteiger partial charge is 0.469 e. The second kappa shape index (κ2) is 8.52. The fourth-order valence-electron chi connectivity index (χ4n) is 2.32. The lowest BCUT2D eigenvalue weighted by molar-refractivity contribution is -0.150. The van der Waals surface area contributed by atoms with Gasteiger partial charge in [0.2, 0.25) is 0 Å². The van der Waals surface area contributed by atoms with Crippen LogP contribution in [-0.2, 0) is 19.1 Å². The van der Waals surface area contributed by atoms with Crippen molar-refractivity contribution in [2.75, 3.05) is 25.2 Å². The van der Waals surface area contributed by atoms with Crippen LogP contribution in [0.1, 0.15) is 39.0 Å². The van der Waals surface area contributed by atoms with Crippen LogP contribution in [0.3, 0.4) is 0 Å². The normalized spacial score (nSPS) is 26.1. The van der Waals surface area contributed by atoms with Gasteiger partial charge in [0.05, 0.1) is 31.7 Å². The molecule has 1 fully saturated rings. The fraction of sp³-hybridized carbons (Fsp3) is 0.857. The minimum Gasteiger partial charge on any atom is -0.469 e. The lowest BCUT2D eigenvalue weighted by Gasteiger charge is -2.34. The summed E-state index contributed by atoms with van der Waals surface area (Å²) in [6, 6.07) is 0. The molecule has 1 N–H and O–H groups in total. The lowest BCUT2D eigenvalue weighted by Crippen LogP contribution is -2.38. The minimum absolute atomic E-state index is 0.0738. The molecule has 0 aromatic rings. The van der Waals surface area contributed by atoms with Gasteiger partial charge in [0, 0.05) is 11.5 Å². The molecule has 0 amide bonds. The molecular formula is C14H24O5S. The van der Waals surface area contributed by atoms with Crippen molar-refractivity contribution >= 4 is 23.7 Å². The number of carbonyl (C=O) groups excluding carboxylic acids is 2. The summed E-state index contributed by atoms with van der Waals surface area (Å²) in [5.74, 6) is 0.800. The zero-order valence-corrected chi connectivity index (χ0v) is 13.0. The molecule has 0 saturated heterocycles. The second-order valence-corrected chi connectivity index (χ2v) is 6.23. The van der Waals surface area contributed by atoms with E-state index in [1.54, 1.807) is 18.7 Å². The standard InChI is InChI=1S/C14H24O5S/c1-3-19-13(16)11-4-7-14(17,8-5-11)10-20-9-6-12(15)18-2/h11,17H,3-10H2,1-2H3. The van der Waals surface area contributed by atoms with Crippen LogP contribution >= 0.6 is 11.8 Å². The Labute approximate surface area is 124 Å². The Balaban J connectivity index is 2.24. The highest BCUT2D eigenvalue weighted by Crippen LogP contribution is 2.35. The van der Waals surface area contributed by atoms with Gasteiger partial charge in [-0.15, -0.1) is 0 Å². The molecule has 0 atom stereocenters. The number of methoxy groups -OCH3 is 1. The molecule has 1 aliphatic carbocycles. The average molecular weight is 304 g/mol. The summed E-state index contributed by atoms with van der Waals surface area (Å²) in [6.45, 7) is 2.21. The van der Waals surface area contributed by atoms with Gasteiger partial charge in [0.1, 0.15) is 0 Å². The summed E-state index contributed by atoms with van der Waals surface area (Å²) >= 11 is 1.56. The topological polar surface area (TPSA) is 72.8 Å². The minimum atomic E-state index is -0.718. The Morgan fingerprint density at radius 2 is 2.00 bits per heavy atom. The van der Waals surface area contributed by atoms with E-state index in [0.29, 0.717) is 50.2 Å². The molecule has 0 spiro atoms. The monoisotopic (exact) mass is 304 g/mol. The summed E-state index contributed by atoms with van der Waals surface area (Å²) in [6.07, 6.45) is 2.94. The SMILES string of the molecule is CCOC(=O)C1CCC(O)(CSCCC(=O)OC)CC1. The van der Waals surface area contributed by atoms with Crippen molar-refractivity contribution in [2.24, 2.45) is 5.92 Å². The Bertz CT molecular complexity index is 324. The lowest BCUT2D eigenvalue weighted by atomic mass is 9.80. The predicted molar refractivity (Wildman–Crippen MR) is 77.5 cm³/mol. The highest BCUT2D eigenvalue weighted by molar-refractivity contribution is 7.99. The maximum absolute atomic E-state index is 11.6. The van der Waals surface area contributed by atoms with Crippen molar-refractivity contribution in [3.63, 3.8) is 0 Å². The molecule has 6 heteroatoms. The van der Waals surface area contributed by atoms with Gasteiger partial charge < -0.3 is 14.6 Å². The second-order valence-electron chi connectivity index (χ2n) is 5.13. The van der Waals surface area contributed by atoms with E-state index >= 15 is 0 Å². The zero-order valence-electron chi connectivity index (χ0n) is 12.2. The van der Waals surface area contributed by atoms with Crippen LogP contribution < -0.4 is 0 Å². The highest BCUT2D eigenvalue weighted by Gasteiger charge is 2.36. The number of rotatable bonds is 7. The van der Waals surface area contributed by atoms with E-state index in [9.17, 15) is 14.7 Å². The van der Waals surface area contributed by atoms with Crippen molar-refractivity contribution in [3.05, 3.63) is 0 Å². The van der Waals surface area contributed by atoms with Crippen LogP contribution in [-0.4, -0.2) is 47.9 Å². The molecule has 0 heterocycles. The average Bonchev–Trinajstić information content (AvgIpc) is 2.44. The van der Waals surface area contributed by atoms with E-state index in [2.05, 4.69) is 4.74 Å². The van der Waals surface area contributed by atoms with Gasteiger partial charge in [0.25, 0.3) is 0 Å². The Morgan fingerprint density at radius 1 is 1.35 bits per heavy atom. The number of carbonyl (C=O) groups is 2. The number of thioether (sulfide) groups is 1. The Morgan fingerprint density at radius 3 is 2.55 bits per heavy atom. The molecular weight excluding hydrogens is 280 g/mol. The molecule has 0 bridgehead atoms. The smallest absolute Gasteiger partial charge is 0.308 e. The maximum Gasteiger partial charge on any atom is 0.308 e. The molecule has 20 heavy (non-hydrogen) atoms. The van der Waals surface area contributed by atoms with Crippen molar-refractivity contribution < 1.29 is 24.2 Å². The van der Waals surface area contributed by atoms with Crippen molar-refractivity contribution in [2.45, 2.75) is 44.6 Å². The molecule has 0 aliphatic heterocycles. The van der Waals surface area contributed by atoms with E-state index < -0.39 is 5.60 Å². The Kier molecular flexibility index (Phi) is 7.37. The number of esters is 2. The first-order valence-electron chi connectivity index (χ1n) is 7.04. The van der Waals surface area contributed by atoms with Crippen LogP contribution in [0, 0.1) is 5.92 Å². The van der Waals surface area contributed by atoms with E-state index in [4.69, 9.17) is 4.74 Å². The van der Waals surface area contributed by atoms with Gasteiger partial charge in [-0.05, 0) is 32.6 Å². The number of aliphatic hydroxyl groups is 1. The first kappa shape index (κ1) is 17.3. The molecule has 1 saturated carbocycles. The molecule has 0 aromatic heterocycles. The fourth-order valence-corrected chi connectivity index (χ4v) is 3.44. The van der Waals surface area contributed by atoms with Crippen molar-refractivity contribution in [1.82, 2.24) is 0 Å². The third kappa shape index (κ3) is 5.71. The molecule has 1 aliphatic rings. The van der Waals surface area contributed by atoms with Crippen LogP contribution in [0.5, 0.6) is 0 Å². The predicted octanol–water partition coefficient (Wildman–Crippen LogP) is 1.77. The van der Waals surface area contributed by atoms with Crippen LogP contribution in [0.4, 0.5) is 0 Å². The summed E-state index contributed by atoms with van der Waals surface area (Å²) in [5.41, 5.74) is -0.718. The summed E-state index contributed by atoms with van der Waals surface area (Å²) in [4.78, 5) is 22.6. The summed E-state index contributed by atoms with van der Waals surface area (Å²) in [7, 11) is 1.37. The zero-order chi connectivity index (χ0) is 15.0. The highest BCUT2D eigenvalue weighted by atomic mass is 32.2. The van der Waals surface area contributed by atoms with Crippen LogP contribution in [0.25, 0.3) is 0 Å². The molecule has 0 radical (unpaired) electrons. The molecule has 0 aromatic carbocycles. The van der Waals surface area contributed by atoms with Crippen molar-refractivity contribution in [3.8, 4) is 0 Å². The summed E-state index contributed by atoms with van der Waals surface area (Å²) < 4.78 is 9.57. The molecule has 0 unspecified atom stereocenters. The van der Waals surface area contributed by atoms with Gasteiger partial charge in [0.15, 0.2) is 0 Å². The van der Waals surface area contributed by atoms with E-state index in [1.165, 1.54) is 7.11 Å². The third-order valence-electron chi connectivity index (χ3n) is 3.59. The van der Waals surface area contributed by atoms with E-state index in [0.717, 1.165) is 0 Å². The number of ether oxygens (including phenoxy) is 2. The number of hydrogen-bond donors (Lipinski definition) is 1. The van der Waals surface area contributed by atoms with Gasteiger partial charge in [-0.3, -0.25) is 9.59 Å². The number of hydrogen-bond acceptors (Lipinski definition) is 6.